The van der Waals surface area contributed by atoms with Crippen molar-refractivity contribution in [1.29, 1.82) is 0 Å². The van der Waals surface area contributed by atoms with E-state index in [2.05, 4.69) is 20.5 Å². The number of aromatic nitrogens is 5. The quantitative estimate of drug-likeness (QED) is 0.563. The summed E-state index contributed by atoms with van der Waals surface area (Å²) < 4.78 is 13.3. The predicted molar refractivity (Wildman–Crippen MR) is 94.3 cm³/mol. The lowest BCUT2D eigenvalue weighted by atomic mass is 10.1. The van der Waals surface area contributed by atoms with E-state index in [4.69, 9.17) is 9.15 Å². The zero-order chi connectivity index (χ0) is 17.3. The van der Waals surface area contributed by atoms with Crippen LogP contribution in [0.2, 0.25) is 0 Å². The van der Waals surface area contributed by atoms with E-state index in [0.717, 1.165) is 41.6 Å². The van der Waals surface area contributed by atoms with E-state index in [1.165, 1.54) is 0 Å². The number of benzene rings is 2. The van der Waals surface area contributed by atoms with Crippen LogP contribution in [-0.2, 0) is 11.3 Å². The standard InChI is InChI=1S/C19H17N5O2/c1-2-5-16-15(4-1)20-23-24(16)12-13-7-9-14(10-8-13)18-21-22-19(26-18)17-6-3-11-25-17/h1-2,4-5,7-10,17H,3,6,11-12H2/t17-/m0/s1. The smallest absolute Gasteiger partial charge is 0.247 e. The first-order chi connectivity index (χ1) is 12.9. The van der Waals surface area contributed by atoms with Crippen LogP contribution >= 0.6 is 0 Å². The molecule has 26 heavy (non-hydrogen) atoms. The molecule has 4 aromatic rings. The molecule has 3 heterocycles. The van der Waals surface area contributed by atoms with Gasteiger partial charge in [0.2, 0.25) is 11.8 Å². The van der Waals surface area contributed by atoms with Crippen LogP contribution in [0.4, 0.5) is 0 Å². The van der Waals surface area contributed by atoms with Crippen LogP contribution in [0.3, 0.4) is 0 Å². The maximum Gasteiger partial charge on any atom is 0.247 e. The minimum absolute atomic E-state index is 0.0591. The van der Waals surface area contributed by atoms with Gasteiger partial charge in [-0.15, -0.1) is 15.3 Å². The molecular formula is C19H17N5O2. The van der Waals surface area contributed by atoms with Crippen molar-refractivity contribution in [3.8, 4) is 11.5 Å². The van der Waals surface area contributed by atoms with Crippen molar-refractivity contribution in [2.45, 2.75) is 25.5 Å². The summed E-state index contributed by atoms with van der Waals surface area (Å²) in [5.74, 6) is 1.09. The molecule has 0 amide bonds. The molecule has 2 aromatic carbocycles. The summed E-state index contributed by atoms with van der Waals surface area (Å²) in [5.41, 5.74) is 3.95. The first kappa shape index (κ1) is 15.2. The average Bonchev–Trinajstić information content (AvgIpc) is 3.43. The van der Waals surface area contributed by atoms with E-state index in [1.54, 1.807) is 0 Å². The number of hydrogen-bond acceptors (Lipinski definition) is 6. The first-order valence-electron chi connectivity index (χ1n) is 8.69. The van der Waals surface area contributed by atoms with Crippen molar-refractivity contribution in [2.75, 3.05) is 6.61 Å². The molecule has 7 heteroatoms. The largest absolute Gasteiger partial charge is 0.418 e. The third kappa shape index (κ3) is 2.76. The Hall–Kier alpha value is -3.06. The molecular weight excluding hydrogens is 330 g/mol. The van der Waals surface area contributed by atoms with E-state index in [-0.39, 0.29) is 6.10 Å². The third-order valence-electron chi connectivity index (χ3n) is 4.60. The Morgan fingerprint density at radius 2 is 1.88 bits per heavy atom. The lowest BCUT2D eigenvalue weighted by molar-refractivity contribution is 0.0896. The van der Waals surface area contributed by atoms with Crippen LogP contribution in [0.15, 0.2) is 52.9 Å². The minimum Gasteiger partial charge on any atom is -0.418 e. The van der Waals surface area contributed by atoms with Crippen LogP contribution in [0.1, 0.15) is 30.4 Å². The highest BCUT2D eigenvalue weighted by atomic mass is 16.5. The van der Waals surface area contributed by atoms with Gasteiger partial charge in [0.1, 0.15) is 11.6 Å². The second kappa shape index (κ2) is 6.34. The van der Waals surface area contributed by atoms with E-state index in [1.807, 2.05) is 53.2 Å². The zero-order valence-corrected chi connectivity index (χ0v) is 14.1. The molecule has 5 rings (SSSR count). The third-order valence-corrected chi connectivity index (χ3v) is 4.60. The van der Waals surface area contributed by atoms with Gasteiger partial charge in [-0.1, -0.05) is 29.5 Å². The monoisotopic (exact) mass is 347 g/mol. The molecule has 1 fully saturated rings. The van der Waals surface area contributed by atoms with E-state index in [9.17, 15) is 0 Å². The fraction of sp³-hybridized carbons (Fsp3) is 0.263. The molecule has 0 radical (unpaired) electrons. The molecule has 0 N–H and O–H groups in total. The Morgan fingerprint density at radius 1 is 1.00 bits per heavy atom. The van der Waals surface area contributed by atoms with Crippen molar-refractivity contribution in [3.05, 3.63) is 60.0 Å². The maximum absolute atomic E-state index is 5.78. The second-order valence-electron chi connectivity index (χ2n) is 6.38. The number of hydrogen-bond donors (Lipinski definition) is 0. The SMILES string of the molecule is c1ccc2c(c1)nnn2Cc1ccc(-c2nnc([C@@H]3CCCO3)o2)cc1. The highest BCUT2D eigenvalue weighted by molar-refractivity contribution is 5.73. The number of ether oxygens (including phenoxy) is 1. The van der Waals surface area contributed by atoms with Crippen LogP contribution < -0.4 is 0 Å². The highest BCUT2D eigenvalue weighted by Gasteiger charge is 2.23. The molecule has 7 nitrogen and oxygen atoms in total. The van der Waals surface area contributed by atoms with Gasteiger partial charge in [0.25, 0.3) is 0 Å². The maximum atomic E-state index is 5.78. The normalized spacial score (nSPS) is 17.2. The van der Waals surface area contributed by atoms with Gasteiger partial charge in [-0.25, -0.2) is 4.68 Å². The number of nitrogens with zero attached hydrogens (tertiary/aromatic N) is 5. The Kier molecular flexibility index (Phi) is 3.71. The second-order valence-corrected chi connectivity index (χ2v) is 6.38. The molecule has 2 aromatic heterocycles. The van der Waals surface area contributed by atoms with Crippen molar-refractivity contribution < 1.29 is 9.15 Å². The predicted octanol–water partition coefficient (Wildman–Crippen LogP) is 3.38. The molecule has 130 valence electrons. The lowest BCUT2D eigenvalue weighted by Crippen LogP contribution is -2.01. The molecule has 1 atom stereocenters. The van der Waals surface area contributed by atoms with Crippen molar-refractivity contribution in [3.63, 3.8) is 0 Å². The van der Waals surface area contributed by atoms with Gasteiger partial charge in [-0.05, 0) is 42.7 Å². The van der Waals surface area contributed by atoms with Gasteiger partial charge in [0, 0.05) is 12.2 Å². The van der Waals surface area contributed by atoms with Gasteiger partial charge in [0.05, 0.1) is 12.1 Å². The molecule has 1 aliphatic heterocycles. The topological polar surface area (TPSA) is 78.9 Å². The van der Waals surface area contributed by atoms with E-state index in [0.29, 0.717) is 18.3 Å². The van der Waals surface area contributed by atoms with Gasteiger partial charge in [0.15, 0.2) is 0 Å². The van der Waals surface area contributed by atoms with Crippen molar-refractivity contribution in [1.82, 2.24) is 25.2 Å². The molecule has 0 spiro atoms. The molecule has 0 saturated carbocycles. The summed E-state index contributed by atoms with van der Waals surface area (Å²) in [7, 11) is 0. The summed E-state index contributed by atoms with van der Waals surface area (Å²) in [6.45, 7) is 1.42. The van der Waals surface area contributed by atoms with E-state index >= 15 is 0 Å². The van der Waals surface area contributed by atoms with Gasteiger partial charge in [-0.2, -0.15) is 0 Å². The Labute approximate surface area is 149 Å². The molecule has 0 bridgehead atoms. The fourth-order valence-electron chi connectivity index (χ4n) is 3.21. The molecule has 0 unspecified atom stereocenters. The van der Waals surface area contributed by atoms with Gasteiger partial charge >= 0.3 is 0 Å². The van der Waals surface area contributed by atoms with Gasteiger partial charge < -0.3 is 9.15 Å². The highest BCUT2D eigenvalue weighted by Crippen LogP contribution is 2.29. The van der Waals surface area contributed by atoms with E-state index < -0.39 is 0 Å². The summed E-state index contributed by atoms with van der Waals surface area (Å²) in [5, 5.41) is 16.7. The summed E-state index contributed by atoms with van der Waals surface area (Å²) in [4.78, 5) is 0. The summed E-state index contributed by atoms with van der Waals surface area (Å²) in [6.07, 6.45) is 1.91. The zero-order valence-electron chi connectivity index (χ0n) is 14.1. The number of para-hydroxylation sites is 1. The van der Waals surface area contributed by atoms with Crippen LogP contribution in [0.5, 0.6) is 0 Å². The first-order valence-corrected chi connectivity index (χ1v) is 8.69. The molecule has 0 aliphatic carbocycles. The van der Waals surface area contributed by atoms with Gasteiger partial charge in [-0.3, -0.25) is 0 Å². The summed E-state index contributed by atoms with van der Waals surface area (Å²) >= 11 is 0. The Bertz CT molecular complexity index is 1030. The molecule has 1 aliphatic rings. The molecule has 1 saturated heterocycles. The number of rotatable bonds is 4. The minimum atomic E-state index is -0.0591. The lowest BCUT2D eigenvalue weighted by Gasteiger charge is -2.04. The van der Waals surface area contributed by atoms with Crippen LogP contribution in [-0.4, -0.2) is 31.8 Å². The van der Waals surface area contributed by atoms with Crippen molar-refractivity contribution >= 4 is 11.0 Å². The summed E-state index contributed by atoms with van der Waals surface area (Å²) in [6, 6.07) is 16.0. The Balaban J connectivity index is 1.35. The number of fused-ring (bicyclic) bond motifs is 1. The fourth-order valence-corrected chi connectivity index (χ4v) is 3.21. The Morgan fingerprint density at radius 3 is 2.73 bits per heavy atom. The average molecular weight is 347 g/mol. The van der Waals surface area contributed by atoms with Crippen LogP contribution in [0.25, 0.3) is 22.5 Å². The van der Waals surface area contributed by atoms with Crippen LogP contribution in [0, 0.1) is 0 Å². The van der Waals surface area contributed by atoms with Crippen molar-refractivity contribution in [2.24, 2.45) is 0 Å².